The van der Waals surface area contributed by atoms with Crippen LogP contribution in [-0.2, 0) is 112 Å². The first-order valence-electron chi connectivity index (χ1n) is 20.1. The third-order valence-electron chi connectivity index (χ3n) is 8.26. The van der Waals surface area contributed by atoms with E-state index in [4.69, 9.17) is 0 Å². The largest absolute Gasteiger partial charge is 0.295 e. The Hall–Kier alpha value is -4.07. The summed E-state index contributed by atoms with van der Waals surface area (Å²) in [6.07, 6.45) is 0. The van der Waals surface area contributed by atoms with Gasteiger partial charge in [-0.3, -0.25) is 33.6 Å². The summed E-state index contributed by atoms with van der Waals surface area (Å²) in [4.78, 5) is 74.5. The summed E-state index contributed by atoms with van der Waals surface area (Å²) < 4.78 is 0. The van der Waals surface area contributed by atoms with E-state index in [1.165, 1.54) is 0 Å². The maximum absolute atomic E-state index is 10.6. The molecule has 0 heterocycles. The van der Waals surface area contributed by atoms with Crippen LogP contribution in [0.1, 0.15) is 121 Å². The summed E-state index contributed by atoms with van der Waals surface area (Å²) in [5.74, 6) is 0.846. The molecular weight excluding hydrogens is 1770 g/mol. The summed E-state index contributed by atoms with van der Waals surface area (Å²) in [5, 5.41) is 0. The molecule has 0 spiro atoms. The second-order valence-electron chi connectivity index (χ2n) is 13.5. The van der Waals surface area contributed by atoms with Gasteiger partial charge >= 0.3 is 0 Å². The van der Waals surface area contributed by atoms with Crippen LogP contribution < -0.4 is 0 Å². The van der Waals surface area contributed by atoms with Crippen molar-refractivity contribution in [2.24, 2.45) is 0 Å². The van der Waals surface area contributed by atoms with Gasteiger partial charge in [-0.05, 0) is 48.5 Å². The van der Waals surface area contributed by atoms with Crippen LogP contribution in [-0.4, -0.2) is 40.5 Å². The summed E-state index contributed by atoms with van der Waals surface area (Å²) in [6.45, 7) is 11.0. The van der Waals surface area contributed by atoms with Crippen molar-refractivity contribution < 1.29 is 145 Å². The zero-order valence-corrected chi connectivity index (χ0v) is 49.4. The third kappa shape index (κ3) is 36.0. The van der Waals surface area contributed by atoms with Crippen LogP contribution in [0.15, 0.2) is 212 Å². The van der Waals surface area contributed by atoms with Gasteiger partial charge in [-0.2, -0.15) is 0 Å². The standard InChI is InChI=1S/7C8H8O.5Au/c7*1-7(9)8-5-3-2-4-6-8;;;;;/h7*2-6H,1H3;;;;;. The van der Waals surface area contributed by atoms with Crippen LogP contribution in [0.4, 0.5) is 0 Å². The number of benzene rings is 7. The molecule has 0 saturated carbocycles. The fourth-order valence-corrected chi connectivity index (χ4v) is 4.71. The molecule has 0 N–H and O–H groups in total. The molecule has 7 aromatic carbocycles. The van der Waals surface area contributed by atoms with Crippen LogP contribution in [0.25, 0.3) is 0 Å². The fraction of sp³-hybridized carbons (Fsp3) is 0.125. The van der Waals surface area contributed by atoms with Crippen molar-refractivity contribution in [1.29, 1.82) is 0 Å². The van der Waals surface area contributed by atoms with Gasteiger partial charge in [-0.1, -0.05) is 212 Å². The van der Waals surface area contributed by atoms with E-state index in [1.807, 2.05) is 212 Å². The molecule has 0 aliphatic carbocycles. The van der Waals surface area contributed by atoms with E-state index in [0.717, 1.165) is 38.9 Å². The molecule has 0 aliphatic heterocycles. The Kier molecular flexibility index (Phi) is 48.7. The summed E-state index contributed by atoms with van der Waals surface area (Å²) in [7, 11) is 0. The van der Waals surface area contributed by atoms with Crippen LogP contribution in [0.3, 0.4) is 0 Å². The molecule has 0 saturated heterocycles. The van der Waals surface area contributed by atoms with Gasteiger partial charge in [-0.25, -0.2) is 0 Å². The normalized spacial score (nSPS) is 8.34. The minimum Gasteiger partial charge on any atom is -0.295 e. The molecular formula is C56H56Au5O7. The molecule has 12 heteroatoms. The Morgan fingerprint density at radius 2 is 0.250 bits per heavy atom. The van der Waals surface area contributed by atoms with Crippen molar-refractivity contribution in [3.63, 3.8) is 0 Å². The summed E-state index contributed by atoms with van der Waals surface area (Å²) in [5.41, 5.74) is 5.43. The zero-order chi connectivity index (χ0) is 46.8. The van der Waals surface area contributed by atoms with Crippen molar-refractivity contribution in [3.05, 3.63) is 251 Å². The fourth-order valence-electron chi connectivity index (χ4n) is 4.71. The second kappa shape index (κ2) is 45.4. The first kappa shape index (κ1) is 72.9. The van der Waals surface area contributed by atoms with Gasteiger partial charge in [0.05, 0.1) is 0 Å². The quantitative estimate of drug-likeness (QED) is 0.115. The van der Waals surface area contributed by atoms with Crippen LogP contribution in [0.2, 0.25) is 0 Å². The molecule has 0 unspecified atom stereocenters. The summed E-state index contributed by atoms with van der Waals surface area (Å²) >= 11 is 0. The van der Waals surface area contributed by atoms with Crippen LogP contribution in [0.5, 0.6) is 0 Å². The second-order valence-corrected chi connectivity index (χ2v) is 13.5. The first-order valence-corrected chi connectivity index (χ1v) is 20.1. The van der Waals surface area contributed by atoms with E-state index < -0.39 is 0 Å². The molecule has 0 bridgehead atoms. The van der Waals surface area contributed by atoms with Crippen molar-refractivity contribution in [1.82, 2.24) is 0 Å². The molecule has 68 heavy (non-hydrogen) atoms. The number of ketones is 7. The molecule has 377 valence electrons. The van der Waals surface area contributed by atoms with Gasteiger partial charge < -0.3 is 0 Å². The summed E-state index contributed by atoms with van der Waals surface area (Å²) in [6, 6.07) is 64.6. The van der Waals surface area contributed by atoms with Crippen molar-refractivity contribution in [2.45, 2.75) is 48.5 Å². The van der Waals surface area contributed by atoms with Gasteiger partial charge in [0.1, 0.15) is 0 Å². The monoisotopic (exact) mass is 1830 g/mol. The number of Topliss-reactive ketones (excluding diaryl/α,β-unsaturated/α-hetero) is 7. The smallest absolute Gasteiger partial charge is 0.159 e. The molecule has 0 amide bonds. The van der Waals surface area contributed by atoms with E-state index >= 15 is 0 Å². The predicted molar refractivity (Wildman–Crippen MR) is 255 cm³/mol. The minimum atomic E-state index is 0. The topological polar surface area (TPSA) is 119 Å². The third-order valence-corrected chi connectivity index (χ3v) is 8.26. The Balaban J connectivity index is -0.000000224. The molecule has 7 rings (SSSR count). The Morgan fingerprint density at radius 1 is 0.176 bits per heavy atom. The Morgan fingerprint density at radius 3 is 0.294 bits per heavy atom. The number of carbonyl (C=O) groups excluding carboxylic acids is 7. The van der Waals surface area contributed by atoms with Crippen LogP contribution in [0, 0.1) is 0 Å². The molecule has 5 radical (unpaired) electrons. The van der Waals surface area contributed by atoms with Gasteiger partial charge in [0, 0.05) is 151 Å². The van der Waals surface area contributed by atoms with E-state index in [1.54, 1.807) is 48.5 Å². The Labute approximate surface area is 480 Å². The van der Waals surface area contributed by atoms with Gasteiger partial charge in [0.2, 0.25) is 0 Å². The average molecular weight is 1830 g/mol. The first-order chi connectivity index (χ1) is 30.1. The SMILES string of the molecule is CC(=O)c1ccccc1.CC(=O)c1ccccc1.CC(=O)c1ccccc1.CC(=O)c1ccccc1.CC(=O)c1ccccc1.CC(=O)c1ccccc1.CC(=O)c1ccccc1.[Au].[Au].[Au].[Au].[Au]. The number of hydrogen-bond acceptors (Lipinski definition) is 7. The molecule has 7 nitrogen and oxygen atoms in total. The van der Waals surface area contributed by atoms with E-state index in [9.17, 15) is 33.6 Å². The Bertz CT molecular complexity index is 1920. The van der Waals surface area contributed by atoms with Gasteiger partial charge in [0.25, 0.3) is 0 Å². The number of carbonyl (C=O) groups is 7. The van der Waals surface area contributed by atoms with Gasteiger partial charge in [0.15, 0.2) is 40.5 Å². The van der Waals surface area contributed by atoms with E-state index in [2.05, 4.69) is 0 Å². The van der Waals surface area contributed by atoms with Crippen LogP contribution >= 0.6 is 0 Å². The molecule has 0 aliphatic rings. The van der Waals surface area contributed by atoms with E-state index in [0.29, 0.717) is 0 Å². The molecule has 0 atom stereocenters. The minimum absolute atomic E-state index is 0. The molecule has 0 aromatic heterocycles. The van der Waals surface area contributed by atoms with Gasteiger partial charge in [-0.15, -0.1) is 0 Å². The maximum Gasteiger partial charge on any atom is 0.159 e. The number of hydrogen-bond donors (Lipinski definition) is 0. The number of rotatable bonds is 7. The van der Waals surface area contributed by atoms with Crippen molar-refractivity contribution in [3.8, 4) is 0 Å². The molecule has 0 fully saturated rings. The predicted octanol–water partition coefficient (Wildman–Crippen LogP) is 13.2. The van der Waals surface area contributed by atoms with E-state index in [-0.39, 0.29) is 152 Å². The average Bonchev–Trinajstić information content (AvgIpc) is 3.32. The maximum atomic E-state index is 10.6. The van der Waals surface area contributed by atoms with Crippen molar-refractivity contribution in [2.75, 3.05) is 0 Å². The van der Waals surface area contributed by atoms with Crippen molar-refractivity contribution >= 4 is 40.5 Å². The molecule has 7 aromatic rings. The zero-order valence-electron chi connectivity index (χ0n) is 38.6.